The number of hydrazone groups is 1. The van der Waals surface area contributed by atoms with E-state index >= 15 is 0 Å². The number of nitrogens with one attached hydrogen (secondary N) is 1. The second-order valence-electron chi connectivity index (χ2n) is 6.33. The van der Waals surface area contributed by atoms with E-state index in [9.17, 15) is 14.9 Å². The molecule has 0 saturated heterocycles. The van der Waals surface area contributed by atoms with E-state index in [1.165, 1.54) is 37.6 Å². The summed E-state index contributed by atoms with van der Waals surface area (Å²) in [6, 6.07) is 18.5. The van der Waals surface area contributed by atoms with Gasteiger partial charge >= 0.3 is 0 Å². The number of benzene rings is 3. The minimum absolute atomic E-state index is 0.139. The maximum atomic E-state index is 12.1. The maximum Gasteiger partial charge on any atom is 0.271 e. The van der Waals surface area contributed by atoms with Crippen LogP contribution in [-0.4, -0.2) is 24.2 Å². The third-order valence-corrected chi connectivity index (χ3v) is 4.72. The minimum atomic E-state index is -0.563. The number of hydrogen-bond donors (Lipinski definition) is 1. The summed E-state index contributed by atoms with van der Waals surface area (Å²) < 4.78 is 12.2. The van der Waals surface area contributed by atoms with Crippen molar-refractivity contribution in [3.63, 3.8) is 0 Å². The Balaban J connectivity index is 1.63. The molecule has 0 spiro atoms. The van der Waals surface area contributed by atoms with E-state index in [0.29, 0.717) is 23.7 Å². The smallest absolute Gasteiger partial charge is 0.271 e. The average Bonchev–Trinajstić information content (AvgIpc) is 2.79. The molecule has 0 aliphatic rings. The molecule has 3 rings (SSSR count). The molecule has 158 valence electrons. The highest BCUT2D eigenvalue weighted by atomic mass is 79.9. The fraction of sp³-hybridized carbons (Fsp3) is 0.0909. The van der Waals surface area contributed by atoms with Crippen LogP contribution in [0.4, 0.5) is 5.69 Å². The van der Waals surface area contributed by atoms with Crippen molar-refractivity contribution in [2.45, 2.75) is 6.61 Å². The molecule has 3 aromatic rings. The lowest BCUT2D eigenvalue weighted by molar-refractivity contribution is -0.384. The Hall–Kier alpha value is -3.72. The van der Waals surface area contributed by atoms with Gasteiger partial charge in [-0.1, -0.05) is 34.1 Å². The predicted octanol–water partition coefficient (Wildman–Crippen LogP) is 4.71. The van der Waals surface area contributed by atoms with Crippen LogP contribution in [0.1, 0.15) is 21.5 Å². The molecule has 8 nitrogen and oxygen atoms in total. The number of non-ortho nitro benzene ring substituents is 1. The van der Waals surface area contributed by atoms with Crippen LogP contribution in [0.3, 0.4) is 0 Å². The molecule has 3 aromatic carbocycles. The van der Waals surface area contributed by atoms with Gasteiger partial charge < -0.3 is 9.47 Å². The Labute approximate surface area is 186 Å². The Morgan fingerprint density at radius 1 is 1.13 bits per heavy atom. The van der Waals surface area contributed by atoms with Crippen molar-refractivity contribution < 1.29 is 19.2 Å². The number of nitro groups is 1. The number of halogens is 1. The normalized spacial score (nSPS) is 10.6. The van der Waals surface area contributed by atoms with Crippen LogP contribution in [0.15, 0.2) is 76.3 Å². The first-order valence-corrected chi connectivity index (χ1v) is 9.88. The van der Waals surface area contributed by atoms with Crippen LogP contribution in [0.5, 0.6) is 11.5 Å². The summed E-state index contributed by atoms with van der Waals surface area (Å²) in [5, 5.41) is 14.7. The van der Waals surface area contributed by atoms with E-state index in [1.54, 1.807) is 18.2 Å². The molecule has 1 amide bonds. The number of nitrogens with zero attached hydrogens (tertiary/aromatic N) is 2. The van der Waals surface area contributed by atoms with Crippen molar-refractivity contribution in [2.75, 3.05) is 7.11 Å². The summed E-state index contributed by atoms with van der Waals surface area (Å²) in [5.41, 5.74) is 4.01. The molecule has 0 fully saturated rings. The van der Waals surface area contributed by atoms with Crippen LogP contribution in [0.2, 0.25) is 0 Å². The number of hydrogen-bond acceptors (Lipinski definition) is 6. The van der Waals surface area contributed by atoms with E-state index < -0.39 is 10.8 Å². The molecule has 0 radical (unpaired) electrons. The van der Waals surface area contributed by atoms with Crippen molar-refractivity contribution >= 4 is 33.7 Å². The predicted molar refractivity (Wildman–Crippen MR) is 120 cm³/mol. The van der Waals surface area contributed by atoms with Crippen LogP contribution in [0.25, 0.3) is 0 Å². The summed E-state index contributed by atoms with van der Waals surface area (Å²) in [6.07, 6.45) is 1.44. The fourth-order valence-electron chi connectivity index (χ4n) is 2.62. The maximum absolute atomic E-state index is 12.1. The van der Waals surface area contributed by atoms with Crippen LogP contribution in [-0.2, 0) is 6.61 Å². The van der Waals surface area contributed by atoms with E-state index in [2.05, 4.69) is 26.5 Å². The zero-order chi connectivity index (χ0) is 22.2. The van der Waals surface area contributed by atoms with Crippen molar-refractivity contribution in [1.82, 2.24) is 5.43 Å². The van der Waals surface area contributed by atoms with Gasteiger partial charge in [-0.05, 0) is 47.5 Å². The Bertz CT molecular complexity index is 1120. The number of nitro benzene ring substituents is 1. The Kier molecular flexibility index (Phi) is 7.34. The first-order valence-electron chi connectivity index (χ1n) is 9.09. The van der Waals surface area contributed by atoms with E-state index in [4.69, 9.17) is 9.47 Å². The second-order valence-corrected chi connectivity index (χ2v) is 7.25. The monoisotopic (exact) mass is 483 g/mol. The number of carbonyl (C=O) groups is 1. The van der Waals surface area contributed by atoms with Crippen molar-refractivity contribution in [3.05, 3.63) is 98.0 Å². The SMILES string of the molecule is COc1cc(/C=N\NC(=O)c2cccc([N+](=O)[O-])c2)ccc1OCc1ccc(Br)cc1. The molecule has 9 heteroatoms. The average molecular weight is 484 g/mol. The third kappa shape index (κ3) is 6.13. The molecule has 0 unspecified atom stereocenters. The van der Waals surface area contributed by atoms with E-state index in [-0.39, 0.29) is 11.3 Å². The first kappa shape index (κ1) is 22.0. The minimum Gasteiger partial charge on any atom is -0.493 e. The highest BCUT2D eigenvalue weighted by Gasteiger charge is 2.11. The lowest BCUT2D eigenvalue weighted by atomic mass is 10.2. The van der Waals surface area contributed by atoms with Gasteiger partial charge in [-0.3, -0.25) is 14.9 Å². The fourth-order valence-corrected chi connectivity index (χ4v) is 2.88. The molecule has 0 aromatic heterocycles. The van der Waals surface area contributed by atoms with Gasteiger partial charge in [-0.2, -0.15) is 5.10 Å². The van der Waals surface area contributed by atoms with Crippen LogP contribution < -0.4 is 14.9 Å². The highest BCUT2D eigenvalue weighted by Crippen LogP contribution is 2.28. The first-order chi connectivity index (χ1) is 15.0. The molecule has 0 saturated carbocycles. The third-order valence-electron chi connectivity index (χ3n) is 4.19. The van der Waals surface area contributed by atoms with Crippen molar-refractivity contribution in [3.8, 4) is 11.5 Å². The quantitative estimate of drug-likeness (QED) is 0.284. The Morgan fingerprint density at radius 2 is 1.90 bits per heavy atom. The molecule has 1 N–H and O–H groups in total. The lowest BCUT2D eigenvalue weighted by Crippen LogP contribution is -2.17. The van der Waals surface area contributed by atoms with Gasteiger partial charge in [0.25, 0.3) is 11.6 Å². The summed E-state index contributed by atoms with van der Waals surface area (Å²) in [7, 11) is 1.53. The molecule has 0 aliphatic heterocycles. The number of ether oxygens (including phenoxy) is 2. The number of rotatable bonds is 8. The van der Waals surface area contributed by atoms with Gasteiger partial charge in [0.2, 0.25) is 0 Å². The zero-order valence-corrected chi connectivity index (χ0v) is 18.0. The van der Waals surface area contributed by atoms with Gasteiger partial charge in [0.1, 0.15) is 6.61 Å². The molecule has 0 aliphatic carbocycles. The highest BCUT2D eigenvalue weighted by molar-refractivity contribution is 9.10. The molecule has 0 atom stereocenters. The standard InChI is InChI=1S/C22H18BrN3O5/c1-30-21-11-16(7-10-20(21)31-14-15-5-8-18(23)9-6-15)13-24-25-22(27)17-3-2-4-19(12-17)26(28)29/h2-13H,14H2,1H3,(H,25,27)/b24-13-. The summed E-state index contributed by atoms with van der Waals surface area (Å²) in [6.45, 7) is 0.385. The summed E-state index contributed by atoms with van der Waals surface area (Å²) in [5.74, 6) is 0.538. The number of amides is 1. The topological polar surface area (TPSA) is 103 Å². The largest absolute Gasteiger partial charge is 0.493 e. The van der Waals surface area contributed by atoms with Gasteiger partial charge in [0.05, 0.1) is 18.2 Å². The van der Waals surface area contributed by atoms with Gasteiger partial charge in [-0.25, -0.2) is 5.43 Å². The van der Waals surface area contributed by atoms with Crippen molar-refractivity contribution in [2.24, 2.45) is 5.10 Å². The summed E-state index contributed by atoms with van der Waals surface area (Å²) in [4.78, 5) is 22.4. The second kappa shape index (κ2) is 10.4. The van der Waals surface area contributed by atoms with Gasteiger partial charge in [0.15, 0.2) is 11.5 Å². The van der Waals surface area contributed by atoms with E-state index in [0.717, 1.165) is 10.0 Å². The number of carbonyl (C=O) groups excluding carboxylic acids is 1. The number of methoxy groups -OCH3 is 1. The van der Waals surface area contributed by atoms with Crippen LogP contribution >= 0.6 is 15.9 Å². The lowest BCUT2D eigenvalue weighted by Gasteiger charge is -2.11. The van der Waals surface area contributed by atoms with Crippen molar-refractivity contribution in [1.29, 1.82) is 0 Å². The molecule has 0 bridgehead atoms. The molecular weight excluding hydrogens is 466 g/mol. The van der Waals surface area contributed by atoms with Crippen LogP contribution in [0, 0.1) is 10.1 Å². The van der Waals surface area contributed by atoms with Gasteiger partial charge in [0, 0.05) is 22.2 Å². The van der Waals surface area contributed by atoms with Gasteiger partial charge in [-0.15, -0.1) is 0 Å². The molecule has 31 heavy (non-hydrogen) atoms. The van der Waals surface area contributed by atoms with E-state index in [1.807, 2.05) is 24.3 Å². The Morgan fingerprint density at radius 3 is 2.61 bits per heavy atom. The summed E-state index contributed by atoms with van der Waals surface area (Å²) >= 11 is 3.40. The zero-order valence-electron chi connectivity index (χ0n) is 16.4. The molecule has 0 heterocycles. The molecular formula is C22H18BrN3O5.